The van der Waals surface area contributed by atoms with Crippen LogP contribution < -0.4 is 25.6 Å². The summed E-state index contributed by atoms with van der Waals surface area (Å²) in [4.78, 5) is 27.5. The van der Waals surface area contributed by atoms with E-state index in [9.17, 15) is 9.90 Å². The number of aliphatic hydroxyl groups excluding tert-OH is 1. The maximum atomic E-state index is 13.5. The number of aliphatic hydroxyl groups is 1. The van der Waals surface area contributed by atoms with Crippen LogP contribution in [-0.4, -0.2) is 87.6 Å². The smallest absolute Gasteiger partial charge is 0.329 e. The summed E-state index contributed by atoms with van der Waals surface area (Å²) in [6.45, 7) is 10.8. The fourth-order valence-electron chi connectivity index (χ4n) is 6.48. The number of piperazine rings is 1. The van der Waals surface area contributed by atoms with Crippen molar-refractivity contribution in [2.75, 3.05) is 51.3 Å². The van der Waals surface area contributed by atoms with Gasteiger partial charge in [-0.3, -0.25) is 14.0 Å². The average Bonchev–Trinajstić information content (AvgIpc) is 3.04. The lowest BCUT2D eigenvalue weighted by Crippen LogP contribution is -2.49. The van der Waals surface area contributed by atoms with Crippen molar-refractivity contribution in [2.24, 2.45) is 12.0 Å². The van der Waals surface area contributed by atoms with Crippen LogP contribution in [0.4, 0.5) is 11.5 Å². The average molecular weight is 756 g/mol. The molecule has 4 aromatic rings. The highest BCUT2D eigenvalue weighted by molar-refractivity contribution is 5.86. The largest absolute Gasteiger partial charge is 0.493 e. The number of nitrogens with zero attached hydrogens (tertiary/aromatic N) is 6. The van der Waals surface area contributed by atoms with E-state index in [1.807, 2.05) is 56.4 Å². The van der Waals surface area contributed by atoms with Gasteiger partial charge >= 0.3 is 5.69 Å². The van der Waals surface area contributed by atoms with Crippen LogP contribution in [0.15, 0.2) is 64.5 Å². The normalized spacial score (nSPS) is 14.3. The lowest BCUT2D eigenvalue weighted by molar-refractivity contribution is 0.0653. The second-order valence-electron chi connectivity index (χ2n) is 12.1. The van der Waals surface area contributed by atoms with Gasteiger partial charge in [0, 0.05) is 64.1 Å². The third-order valence-corrected chi connectivity index (χ3v) is 8.80. The second-order valence-corrected chi connectivity index (χ2v) is 12.1. The fourth-order valence-corrected chi connectivity index (χ4v) is 6.48. The molecular weight excluding hydrogens is 707 g/mol. The van der Waals surface area contributed by atoms with Crippen molar-refractivity contribution in [3.63, 3.8) is 0 Å². The number of β-amino-alcohol motifs (C(OH)–C–C–N with tert-alkyl or cyclic N) is 1. The van der Waals surface area contributed by atoms with E-state index in [2.05, 4.69) is 33.8 Å². The Morgan fingerprint density at radius 1 is 0.920 bits per heavy atom. The fraction of sp³-hybridized carbons (Fsp3) is 0.400. The number of fused-ring (bicyclic) bond motifs is 3. The minimum atomic E-state index is -0.674. The molecule has 0 aliphatic carbocycles. The Kier molecular flexibility index (Phi) is 17.0. The van der Waals surface area contributed by atoms with Crippen molar-refractivity contribution in [1.29, 1.82) is 0 Å². The molecule has 0 radical (unpaired) electrons. The summed E-state index contributed by atoms with van der Waals surface area (Å²) in [6.07, 6.45) is 1.83. The molecule has 4 heterocycles. The molecule has 0 amide bonds. The van der Waals surface area contributed by atoms with Crippen LogP contribution in [0.1, 0.15) is 22.3 Å². The van der Waals surface area contributed by atoms with E-state index < -0.39 is 6.10 Å². The molecular formula is C35H49Cl3N6O6. The number of hydrogen-bond donors (Lipinski definition) is 1. The first-order valence-electron chi connectivity index (χ1n) is 15.6. The highest BCUT2D eigenvalue weighted by Crippen LogP contribution is 2.38. The Balaban J connectivity index is 0.00000250. The number of anilines is 1. The van der Waals surface area contributed by atoms with Crippen molar-refractivity contribution < 1.29 is 25.5 Å². The van der Waals surface area contributed by atoms with E-state index in [0.717, 1.165) is 65.6 Å². The van der Waals surface area contributed by atoms with Gasteiger partial charge in [-0.05, 0) is 68.1 Å². The molecule has 50 heavy (non-hydrogen) atoms. The van der Waals surface area contributed by atoms with Crippen molar-refractivity contribution in [3.05, 3.63) is 93.0 Å². The zero-order chi connectivity index (χ0) is 31.7. The minimum Gasteiger partial charge on any atom is -0.493 e. The van der Waals surface area contributed by atoms with Gasteiger partial charge in [-0.2, -0.15) is 0 Å². The maximum Gasteiger partial charge on any atom is 0.329 e. The van der Waals surface area contributed by atoms with E-state index in [1.54, 1.807) is 23.3 Å². The Labute approximate surface area is 311 Å². The summed E-state index contributed by atoms with van der Waals surface area (Å²) in [5, 5.41) is 10.9. The van der Waals surface area contributed by atoms with Gasteiger partial charge in [0.15, 0.2) is 11.5 Å². The number of pyridine rings is 1. The van der Waals surface area contributed by atoms with E-state index >= 15 is 0 Å². The van der Waals surface area contributed by atoms with Crippen molar-refractivity contribution in [3.8, 4) is 22.8 Å². The summed E-state index contributed by atoms with van der Waals surface area (Å²) in [5.41, 5.74) is 7.45. The lowest BCUT2D eigenvalue weighted by Gasteiger charge is -2.36. The quantitative estimate of drug-likeness (QED) is 0.289. The topological polar surface area (TPSA) is 160 Å². The third kappa shape index (κ3) is 9.38. The summed E-state index contributed by atoms with van der Waals surface area (Å²) in [5.74, 6) is 2.13. The first kappa shape index (κ1) is 44.4. The SMILES string of the molecule is COc1cc2c(cc1OCC(O)CN1CCN(c3ccccn3)CC1)-c1cc(=Nc3c(C)cc(C)cc3C)n(C)c(=O)n1CC2.Cl.Cl.Cl.O.O. The number of methoxy groups -OCH3 is 1. The third-order valence-electron chi connectivity index (χ3n) is 8.80. The molecule has 1 saturated heterocycles. The van der Waals surface area contributed by atoms with Crippen molar-refractivity contribution in [1.82, 2.24) is 19.0 Å². The van der Waals surface area contributed by atoms with Crippen molar-refractivity contribution in [2.45, 2.75) is 39.8 Å². The second kappa shape index (κ2) is 19.1. The summed E-state index contributed by atoms with van der Waals surface area (Å²) in [6, 6.07) is 16.1. The number of hydrogen-bond acceptors (Lipinski definition) is 8. The number of rotatable bonds is 8. The molecule has 276 valence electrons. The molecule has 0 saturated carbocycles. The van der Waals surface area contributed by atoms with Gasteiger partial charge in [-0.15, -0.1) is 37.2 Å². The Morgan fingerprint density at radius 3 is 2.22 bits per heavy atom. The number of ether oxygens (including phenoxy) is 2. The molecule has 12 nitrogen and oxygen atoms in total. The zero-order valence-corrected chi connectivity index (χ0v) is 31.5. The number of benzene rings is 2. The number of halogens is 3. The number of aryl methyl sites for hydroxylation is 4. The summed E-state index contributed by atoms with van der Waals surface area (Å²) >= 11 is 0. The molecule has 2 aromatic heterocycles. The molecule has 1 atom stereocenters. The number of aromatic nitrogens is 3. The molecule has 2 aromatic carbocycles. The Hall–Kier alpha value is -3.62. The van der Waals surface area contributed by atoms with Gasteiger partial charge in [0.2, 0.25) is 0 Å². The van der Waals surface area contributed by atoms with Crippen LogP contribution in [0.25, 0.3) is 11.3 Å². The van der Waals surface area contributed by atoms with Gasteiger partial charge in [0.05, 0.1) is 18.5 Å². The van der Waals surface area contributed by atoms with E-state index in [-0.39, 0.29) is 60.5 Å². The van der Waals surface area contributed by atoms with Crippen LogP contribution in [0, 0.1) is 20.8 Å². The molecule has 6 rings (SSSR count). The molecule has 5 N–H and O–H groups in total. The van der Waals surface area contributed by atoms with Gasteiger partial charge in [0.1, 0.15) is 24.0 Å². The zero-order valence-electron chi connectivity index (χ0n) is 29.0. The monoisotopic (exact) mass is 754 g/mol. The van der Waals surface area contributed by atoms with Crippen LogP contribution in [0.2, 0.25) is 0 Å². The first-order valence-corrected chi connectivity index (χ1v) is 15.6. The highest BCUT2D eigenvalue weighted by Gasteiger charge is 2.24. The molecule has 0 bridgehead atoms. The highest BCUT2D eigenvalue weighted by atomic mass is 35.5. The standard InChI is InChI=1S/C35H42N6O4.3ClH.2H2O/c1-23-16-24(2)34(25(3)17-23)37-33-20-29-28-19-31(30(44-5)18-26(28)9-11-41(29)35(43)38(33)4)45-22-27(42)21-39-12-14-40(15-13-39)32-8-6-7-10-36-32;;;;;/h6-8,10,16-20,27,42H,9,11-15,21-22H2,1-5H3;3*1H;2*1H2. The molecule has 15 heteroatoms. The molecule has 1 fully saturated rings. The molecule has 0 spiro atoms. The predicted octanol–water partition coefficient (Wildman–Crippen LogP) is 3.15. The molecule has 1 unspecified atom stereocenters. The van der Waals surface area contributed by atoms with Crippen LogP contribution in [-0.2, 0) is 20.0 Å². The Morgan fingerprint density at radius 2 is 1.60 bits per heavy atom. The predicted molar refractivity (Wildman–Crippen MR) is 205 cm³/mol. The maximum absolute atomic E-state index is 13.5. The van der Waals surface area contributed by atoms with Gasteiger partial charge < -0.3 is 30.4 Å². The first-order chi connectivity index (χ1) is 21.7. The van der Waals surface area contributed by atoms with E-state index in [1.165, 1.54) is 5.56 Å². The molecule has 2 aliphatic heterocycles. The minimum absolute atomic E-state index is 0. The van der Waals surface area contributed by atoms with E-state index in [0.29, 0.717) is 36.5 Å². The van der Waals surface area contributed by atoms with Crippen LogP contribution >= 0.6 is 37.2 Å². The molecule has 2 aliphatic rings. The van der Waals surface area contributed by atoms with Crippen molar-refractivity contribution >= 4 is 48.7 Å². The van der Waals surface area contributed by atoms with Crippen LogP contribution in [0.3, 0.4) is 0 Å². The van der Waals surface area contributed by atoms with Crippen LogP contribution in [0.5, 0.6) is 11.5 Å². The van der Waals surface area contributed by atoms with E-state index in [4.69, 9.17) is 14.5 Å². The Bertz CT molecular complexity index is 1820. The summed E-state index contributed by atoms with van der Waals surface area (Å²) in [7, 11) is 3.39. The summed E-state index contributed by atoms with van der Waals surface area (Å²) < 4.78 is 15.3. The van der Waals surface area contributed by atoms with Gasteiger partial charge in [-0.1, -0.05) is 23.8 Å². The van der Waals surface area contributed by atoms with Gasteiger partial charge in [-0.25, -0.2) is 14.8 Å². The lowest BCUT2D eigenvalue weighted by atomic mass is 9.97. The van der Waals surface area contributed by atoms with Gasteiger partial charge in [0.25, 0.3) is 0 Å².